The van der Waals surface area contributed by atoms with Crippen molar-refractivity contribution in [3.05, 3.63) is 46.1 Å². The average Bonchev–Trinajstić information content (AvgIpc) is 3.00. The lowest BCUT2D eigenvalue weighted by atomic mass is 10.1. The van der Waals surface area contributed by atoms with E-state index in [4.69, 9.17) is 0 Å². The Labute approximate surface area is 171 Å². The van der Waals surface area contributed by atoms with Gasteiger partial charge in [0.2, 0.25) is 5.91 Å². The molecule has 3 rings (SSSR count). The van der Waals surface area contributed by atoms with E-state index in [1.54, 1.807) is 6.07 Å². The molecule has 13 heteroatoms. The van der Waals surface area contributed by atoms with Gasteiger partial charge in [-0.3, -0.25) is 4.79 Å². The number of halogens is 7. The minimum atomic E-state index is -5.00. The molecular weight excluding hydrogens is 490 g/mol. The molecule has 1 amide bonds. The third-order valence-electron chi connectivity index (χ3n) is 3.49. The summed E-state index contributed by atoms with van der Waals surface area (Å²) < 4.78 is 77.9. The van der Waals surface area contributed by atoms with Crippen molar-refractivity contribution < 1.29 is 31.1 Å². The van der Waals surface area contributed by atoms with Gasteiger partial charge in [0.1, 0.15) is 0 Å². The summed E-state index contributed by atoms with van der Waals surface area (Å²) in [5.41, 5.74) is -2.64. The number of imidazole rings is 1. The minimum absolute atomic E-state index is 0.00998. The van der Waals surface area contributed by atoms with Crippen molar-refractivity contribution in [1.29, 1.82) is 0 Å². The highest BCUT2D eigenvalue weighted by Crippen LogP contribution is 2.37. The van der Waals surface area contributed by atoms with Crippen LogP contribution >= 0.6 is 27.7 Å². The van der Waals surface area contributed by atoms with Gasteiger partial charge in [0.15, 0.2) is 10.8 Å². The van der Waals surface area contributed by atoms with Crippen LogP contribution in [0.3, 0.4) is 0 Å². The molecule has 0 fully saturated rings. The van der Waals surface area contributed by atoms with E-state index < -0.39 is 35.1 Å². The Morgan fingerprint density at radius 3 is 2.28 bits per heavy atom. The van der Waals surface area contributed by atoms with Crippen molar-refractivity contribution in [1.82, 2.24) is 15.0 Å². The third-order valence-corrected chi connectivity index (χ3v) is 4.80. The quantitative estimate of drug-likeness (QED) is 0.368. The highest BCUT2D eigenvalue weighted by molar-refractivity contribution is 9.10. The van der Waals surface area contributed by atoms with Crippen molar-refractivity contribution in [3.8, 4) is 0 Å². The highest BCUT2D eigenvalue weighted by atomic mass is 79.9. The second-order valence-electron chi connectivity index (χ2n) is 5.70. The molecule has 3 aromatic rings. The van der Waals surface area contributed by atoms with Crippen LogP contribution in [0.25, 0.3) is 11.2 Å². The normalized spacial score (nSPS) is 12.4. The Kier molecular flexibility index (Phi) is 5.81. The van der Waals surface area contributed by atoms with E-state index in [1.165, 1.54) is 6.20 Å². The summed E-state index contributed by atoms with van der Waals surface area (Å²) in [5.74, 6) is -1.09. The zero-order valence-corrected chi connectivity index (χ0v) is 16.4. The molecule has 29 heavy (non-hydrogen) atoms. The number of amides is 1. The number of aromatic amines is 1. The van der Waals surface area contributed by atoms with Crippen LogP contribution in [0.5, 0.6) is 0 Å². The smallest absolute Gasteiger partial charge is 0.331 e. The molecule has 0 atom stereocenters. The van der Waals surface area contributed by atoms with E-state index in [2.05, 4.69) is 36.2 Å². The topological polar surface area (TPSA) is 70.7 Å². The van der Waals surface area contributed by atoms with Crippen LogP contribution in [-0.4, -0.2) is 26.6 Å². The Hall–Kier alpha value is -2.28. The lowest BCUT2D eigenvalue weighted by Crippen LogP contribution is -2.17. The van der Waals surface area contributed by atoms with Gasteiger partial charge in [-0.25, -0.2) is 9.97 Å². The van der Waals surface area contributed by atoms with Crippen LogP contribution < -0.4 is 5.32 Å². The number of nitrogens with one attached hydrogen (secondary N) is 2. The minimum Gasteiger partial charge on any atom is -0.331 e. The number of fused-ring (bicyclic) bond motifs is 1. The van der Waals surface area contributed by atoms with Gasteiger partial charge >= 0.3 is 12.4 Å². The van der Waals surface area contributed by atoms with E-state index in [-0.39, 0.29) is 11.8 Å². The Morgan fingerprint density at radius 1 is 1.07 bits per heavy atom. The Bertz CT molecular complexity index is 1030. The van der Waals surface area contributed by atoms with E-state index in [1.807, 2.05) is 0 Å². The summed E-state index contributed by atoms with van der Waals surface area (Å²) in [7, 11) is 0. The SMILES string of the molecule is O=C(CSc1nc2ncc(Br)cc2[nH]1)Nc1cc(C(F)(F)F)cc(C(F)(F)F)c1. The summed E-state index contributed by atoms with van der Waals surface area (Å²) >= 11 is 4.16. The van der Waals surface area contributed by atoms with Crippen molar-refractivity contribution in [2.24, 2.45) is 0 Å². The van der Waals surface area contributed by atoms with Crippen molar-refractivity contribution in [2.45, 2.75) is 17.5 Å². The molecule has 2 N–H and O–H groups in total. The first-order valence-corrected chi connectivity index (χ1v) is 9.43. The molecule has 0 unspecified atom stereocenters. The summed E-state index contributed by atoms with van der Waals surface area (Å²) in [6.45, 7) is 0. The number of hydrogen-bond donors (Lipinski definition) is 2. The maximum absolute atomic E-state index is 12.9. The molecule has 0 bridgehead atoms. The van der Waals surface area contributed by atoms with Crippen LogP contribution in [0, 0.1) is 0 Å². The molecule has 154 valence electrons. The molecule has 0 radical (unpaired) electrons. The predicted octanol–water partition coefficient (Wildman–Crippen LogP) is 5.49. The number of anilines is 1. The van der Waals surface area contributed by atoms with Gasteiger partial charge in [0, 0.05) is 16.4 Å². The number of H-pyrrole nitrogens is 1. The maximum atomic E-state index is 12.9. The summed E-state index contributed by atoms with van der Waals surface area (Å²) in [4.78, 5) is 23.1. The van der Waals surface area contributed by atoms with Crippen molar-refractivity contribution in [3.63, 3.8) is 0 Å². The lowest BCUT2D eigenvalue weighted by molar-refractivity contribution is -0.143. The van der Waals surface area contributed by atoms with E-state index >= 15 is 0 Å². The number of aromatic nitrogens is 3. The largest absolute Gasteiger partial charge is 0.416 e. The number of benzene rings is 1. The second-order valence-corrected chi connectivity index (χ2v) is 7.58. The van der Waals surface area contributed by atoms with Crippen molar-refractivity contribution in [2.75, 3.05) is 11.1 Å². The van der Waals surface area contributed by atoms with Crippen molar-refractivity contribution >= 4 is 50.5 Å². The molecular formula is C16H9BrF6N4OS. The molecule has 0 saturated carbocycles. The zero-order chi connectivity index (χ0) is 21.4. The van der Waals surface area contributed by atoms with Crippen LogP contribution in [-0.2, 0) is 17.1 Å². The number of hydrogen-bond acceptors (Lipinski definition) is 4. The Balaban J connectivity index is 1.73. The van der Waals surface area contributed by atoms with Crippen LogP contribution in [0.2, 0.25) is 0 Å². The fourth-order valence-corrected chi connectivity index (χ4v) is 3.28. The molecule has 2 heterocycles. The van der Waals surface area contributed by atoms with E-state index in [0.717, 1.165) is 11.8 Å². The lowest BCUT2D eigenvalue weighted by Gasteiger charge is -2.14. The molecule has 1 aromatic carbocycles. The average molecular weight is 499 g/mol. The first kappa shape index (κ1) is 21.4. The molecule has 2 aromatic heterocycles. The van der Waals surface area contributed by atoms with Gasteiger partial charge in [0.25, 0.3) is 0 Å². The zero-order valence-electron chi connectivity index (χ0n) is 14.0. The first-order chi connectivity index (χ1) is 13.4. The number of alkyl halides is 6. The van der Waals surface area contributed by atoms with E-state index in [9.17, 15) is 31.1 Å². The molecule has 0 saturated heterocycles. The number of carbonyl (C=O) groups excluding carboxylic acids is 1. The number of nitrogens with zero attached hydrogens (tertiary/aromatic N) is 2. The third kappa shape index (κ3) is 5.41. The van der Waals surface area contributed by atoms with Gasteiger partial charge in [-0.05, 0) is 40.2 Å². The molecule has 0 aliphatic heterocycles. The highest BCUT2D eigenvalue weighted by Gasteiger charge is 2.37. The van der Waals surface area contributed by atoms with Gasteiger partial charge in [-0.15, -0.1) is 0 Å². The summed E-state index contributed by atoms with van der Waals surface area (Å²) in [6.07, 6.45) is -8.47. The van der Waals surface area contributed by atoms with Crippen LogP contribution in [0.15, 0.2) is 40.1 Å². The Morgan fingerprint density at radius 2 is 1.69 bits per heavy atom. The molecule has 0 spiro atoms. The molecule has 0 aliphatic rings. The summed E-state index contributed by atoms with van der Waals surface area (Å²) in [5, 5.41) is 2.38. The maximum Gasteiger partial charge on any atom is 0.416 e. The van der Waals surface area contributed by atoms with Gasteiger partial charge in [-0.1, -0.05) is 11.8 Å². The predicted molar refractivity (Wildman–Crippen MR) is 97.4 cm³/mol. The molecule has 0 aliphatic carbocycles. The van der Waals surface area contributed by atoms with E-state index in [0.29, 0.717) is 32.9 Å². The number of pyridine rings is 1. The molecule has 5 nitrogen and oxygen atoms in total. The summed E-state index contributed by atoms with van der Waals surface area (Å²) in [6, 6.07) is 2.59. The van der Waals surface area contributed by atoms with Gasteiger partial charge < -0.3 is 10.3 Å². The monoisotopic (exact) mass is 498 g/mol. The number of carbonyl (C=O) groups is 1. The van der Waals surface area contributed by atoms with Crippen LogP contribution in [0.4, 0.5) is 32.0 Å². The number of thioether (sulfide) groups is 1. The first-order valence-electron chi connectivity index (χ1n) is 7.65. The second kappa shape index (κ2) is 7.86. The number of rotatable bonds is 4. The standard InChI is InChI=1S/C16H9BrF6N4OS/c17-9-4-11-13(24-5-9)27-14(26-11)29-6-12(28)25-10-2-7(15(18,19)20)1-8(3-10)16(21,22)23/h1-5H,6H2,(H,25,28)(H,24,26,27). The van der Waals surface area contributed by atoms with Gasteiger partial charge in [0.05, 0.1) is 22.4 Å². The van der Waals surface area contributed by atoms with Gasteiger partial charge in [-0.2, -0.15) is 26.3 Å². The fraction of sp³-hybridized carbons (Fsp3) is 0.188. The van der Waals surface area contributed by atoms with Crippen LogP contribution in [0.1, 0.15) is 11.1 Å². The fourth-order valence-electron chi connectivity index (χ4n) is 2.28.